The Balaban J connectivity index is 1.76. The summed E-state index contributed by atoms with van der Waals surface area (Å²) in [6.45, 7) is 0.999. The summed E-state index contributed by atoms with van der Waals surface area (Å²) in [5.74, 6) is -0.827. The SMILES string of the molecule is CSc1ccccc1-n1nc(Cn2nc(-c3ccc(C)cc3)n(CCC(F)(F)F)c2=O)nc1C(N)=O. The number of amides is 1. The first kappa shape index (κ1) is 25.2. The molecule has 0 bridgehead atoms. The minimum Gasteiger partial charge on any atom is -0.363 e. The minimum atomic E-state index is -4.45. The number of thioether (sulfide) groups is 1. The topological polar surface area (TPSA) is 114 Å². The number of hydrogen-bond donors (Lipinski definition) is 1. The van der Waals surface area contributed by atoms with Crippen LogP contribution in [0.25, 0.3) is 17.1 Å². The highest BCUT2D eigenvalue weighted by Crippen LogP contribution is 2.25. The molecule has 0 saturated heterocycles. The fourth-order valence-corrected chi connectivity index (χ4v) is 4.17. The van der Waals surface area contributed by atoms with Crippen molar-refractivity contribution in [3.63, 3.8) is 0 Å². The Morgan fingerprint density at radius 3 is 2.42 bits per heavy atom. The molecule has 0 aliphatic heterocycles. The van der Waals surface area contributed by atoms with Crippen molar-refractivity contribution >= 4 is 17.7 Å². The van der Waals surface area contributed by atoms with Crippen LogP contribution < -0.4 is 11.4 Å². The average molecular weight is 518 g/mol. The standard InChI is InChI=1S/C23H22F3N7O2S/c1-14-7-9-15(10-8-14)20-30-32(22(35)31(20)12-11-23(24,25)26)13-18-28-21(19(27)34)33(29-18)16-5-3-4-6-17(16)36-2/h3-10H,11-13H2,1-2H3,(H2,27,34). The average Bonchev–Trinajstić information content (AvgIpc) is 3.39. The third kappa shape index (κ3) is 5.35. The van der Waals surface area contributed by atoms with Gasteiger partial charge < -0.3 is 5.73 Å². The van der Waals surface area contributed by atoms with Gasteiger partial charge in [0.05, 0.1) is 12.1 Å². The van der Waals surface area contributed by atoms with Crippen molar-refractivity contribution in [1.29, 1.82) is 0 Å². The first-order valence-electron chi connectivity index (χ1n) is 10.8. The molecule has 9 nitrogen and oxygen atoms in total. The van der Waals surface area contributed by atoms with Crippen molar-refractivity contribution in [2.24, 2.45) is 5.73 Å². The zero-order chi connectivity index (χ0) is 26.0. The Labute approximate surface area is 207 Å². The predicted molar refractivity (Wildman–Crippen MR) is 128 cm³/mol. The molecule has 13 heteroatoms. The van der Waals surface area contributed by atoms with Crippen LogP contribution in [0.3, 0.4) is 0 Å². The number of carbonyl (C=O) groups is 1. The molecule has 2 heterocycles. The molecule has 2 N–H and O–H groups in total. The third-order valence-electron chi connectivity index (χ3n) is 5.33. The van der Waals surface area contributed by atoms with Crippen molar-refractivity contribution in [1.82, 2.24) is 29.1 Å². The third-order valence-corrected chi connectivity index (χ3v) is 6.11. The summed E-state index contributed by atoms with van der Waals surface area (Å²) >= 11 is 1.43. The lowest BCUT2D eigenvalue weighted by atomic mass is 10.1. The Hall–Kier alpha value is -3.87. The maximum Gasteiger partial charge on any atom is 0.390 e. The smallest absolute Gasteiger partial charge is 0.363 e. The Kier molecular flexibility index (Phi) is 7.02. The molecule has 4 aromatic rings. The molecule has 0 fully saturated rings. The minimum absolute atomic E-state index is 0.0535. The van der Waals surface area contributed by atoms with Gasteiger partial charge in [-0.05, 0) is 25.3 Å². The zero-order valence-electron chi connectivity index (χ0n) is 19.4. The number of primary amides is 1. The van der Waals surface area contributed by atoms with Gasteiger partial charge in [0.1, 0.15) is 6.54 Å². The van der Waals surface area contributed by atoms with E-state index in [-0.39, 0.29) is 24.0 Å². The Bertz CT molecular complexity index is 1460. The molecular formula is C23H22F3N7O2S. The Morgan fingerprint density at radius 1 is 1.08 bits per heavy atom. The van der Waals surface area contributed by atoms with E-state index in [1.165, 1.54) is 16.4 Å². The number of aryl methyl sites for hydroxylation is 1. The highest BCUT2D eigenvalue weighted by atomic mass is 32.2. The molecule has 36 heavy (non-hydrogen) atoms. The van der Waals surface area contributed by atoms with Crippen molar-refractivity contribution in [3.05, 3.63) is 76.2 Å². The van der Waals surface area contributed by atoms with Crippen LogP contribution in [0.4, 0.5) is 13.2 Å². The quantitative estimate of drug-likeness (QED) is 0.358. The second kappa shape index (κ2) is 10.0. The molecule has 0 spiro atoms. The van der Waals surface area contributed by atoms with Crippen LogP contribution in [0.15, 0.2) is 58.2 Å². The van der Waals surface area contributed by atoms with Gasteiger partial charge in [0, 0.05) is 17.0 Å². The van der Waals surface area contributed by atoms with E-state index in [0.717, 1.165) is 19.7 Å². The molecule has 0 radical (unpaired) electrons. The lowest BCUT2D eigenvalue weighted by Crippen LogP contribution is -2.27. The van der Waals surface area contributed by atoms with Crippen LogP contribution in [-0.4, -0.2) is 47.5 Å². The highest BCUT2D eigenvalue weighted by Gasteiger charge is 2.29. The molecule has 188 valence electrons. The molecule has 2 aromatic heterocycles. The molecule has 0 atom stereocenters. The number of alkyl halides is 3. The van der Waals surface area contributed by atoms with Crippen LogP contribution >= 0.6 is 11.8 Å². The molecule has 2 aromatic carbocycles. The Morgan fingerprint density at radius 2 is 1.78 bits per heavy atom. The van der Waals surface area contributed by atoms with E-state index in [1.807, 2.05) is 25.3 Å². The van der Waals surface area contributed by atoms with E-state index in [9.17, 15) is 22.8 Å². The fourth-order valence-electron chi connectivity index (χ4n) is 3.59. The van der Waals surface area contributed by atoms with Crippen molar-refractivity contribution in [3.8, 4) is 17.1 Å². The van der Waals surface area contributed by atoms with Gasteiger partial charge in [-0.15, -0.1) is 22.0 Å². The summed E-state index contributed by atoms with van der Waals surface area (Å²) in [6.07, 6.45) is -3.78. The highest BCUT2D eigenvalue weighted by molar-refractivity contribution is 7.98. The van der Waals surface area contributed by atoms with Gasteiger partial charge >= 0.3 is 11.9 Å². The van der Waals surface area contributed by atoms with E-state index in [0.29, 0.717) is 11.3 Å². The van der Waals surface area contributed by atoms with Gasteiger partial charge in [0.25, 0.3) is 5.91 Å². The fraction of sp³-hybridized carbons (Fsp3) is 0.261. The summed E-state index contributed by atoms with van der Waals surface area (Å²) in [7, 11) is 0. The van der Waals surface area contributed by atoms with Crippen molar-refractivity contribution in [2.75, 3.05) is 6.26 Å². The number of carbonyl (C=O) groups excluding carboxylic acids is 1. The lowest BCUT2D eigenvalue weighted by Gasteiger charge is -2.08. The second-order valence-electron chi connectivity index (χ2n) is 7.95. The maximum atomic E-state index is 13.1. The van der Waals surface area contributed by atoms with Crippen LogP contribution in [0.5, 0.6) is 0 Å². The largest absolute Gasteiger partial charge is 0.390 e. The first-order chi connectivity index (χ1) is 17.1. The number of nitrogens with two attached hydrogens (primary N) is 1. The van der Waals surface area contributed by atoms with Gasteiger partial charge in [-0.1, -0.05) is 42.0 Å². The molecule has 0 aliphatic rings. The summed E-state index contributed by atoms with van der Waals surface area (Å²) in [6, 6.07) is 14.1. The summed E-state index contributed by atoms with van der Waals surface area (Å²) < 4.78 is 42.1. The number of para-hydroxylation sites is 1. The van der Waals surface area contributed by atoms with Gasteiger partial charge in [-0.3, -0.25) is 9.36 Å². The lowest BCUT2D eigenvalue weighted by molar-refractivity contribution is -0.136. The van der Waals surface area contributed by atoms with Crippen LogP contribution in [-0.2, 0) is 13.1 Å². The normalized spacial score (nSPS) is 11.7. The second-order valence-corrected chi connectivity index (χ2v) is 8.79. The van der Waals surface area contributed by atoms with Gasteiger partial charge in [-0.2, -0.15) is 13.2 Å². The monoisotopic (exact) mass is 517 g/mol. The van der Waals surface area contributed by atoms with E-state index in [2.05, 4.69) is 15.2 Å². The van der Waals surface area contributed by atoms with Crippen molar-refractivity contribution in [2.45, 2.75) is 37.5 Å². The first-order valence-corrected chi connectivity index (χ1v) is 12.0. The van der Waals surface area contributed by atoms with Gasteiger partial charge in [-0.25, -0.2) is 19.1 Å². The van der Waals surface area contributed by atoms with Crippen LogP contribution in [0.1, 0.15) is 28.4 Å². The van der Waals surface area contributed by atoms with E-state index < -0.39 is 30.7 Å². The maximum absolute atomic E-state index is 13.1. The zero-order valence-corrected chi connectivity index (χ0v) is 20.2. The number of nitrogens with zero attached hydrogens (tertiary/aromatic N) is 6. The number of hydrogen-bond acceptors (Lipinski definition) is 6. The summed E-state index contributed by atoms with van der Waals surface area (Å²) in [4.78, 5) is 30.2. The number of aromatic nitrogens is 6. The molecular weight excluding hydrogens is 495 g/mol. The van der Waals surface area contributed by atoms with E-state index >= 15 is 0 Å². The van der Waals surface area contributed by atoms with E-state index in [1.54, 1.807) is 36.4 Å². The van der Waals surface area contributed by atoms with Crippen molar-refractivity contribution < 1.29 is 18.0 Å². The molecule has 0 unspecified atom stereocenters. The molecule has 0 saturated carbocycles. The van der Waals surface area contributed by atoms with Gasteiger partial charge in [0.2, 0.25) is 5.82 Å². The number of rotatable bonds is 8. The van der Waals surface area contributed by atoms with Crippen LogP contribution in [0.2, 0.25) is 0 Å². The number of benzene rings is 2. The molecule has 4 rings (SSSR count). The summed E-state index contributed by atoms with van der Waals surface area (Å²) in [5.41, 5.74) is 6.77. The predicted octanol–water partition coefficient (Wildman–Crippen LogP) is 3.42. The molecule has 0 aliphatic carbocycles. The molecule has 1 amide bonds. The van der Waals surface area contributed by atoms with Crippen LogP contribution in [0, 0.1) is 6.92 Å². The van der Waals surface area contributed by atoms with Gasteiger partial charge in [0.15, 0.2) is 11.6 Å². The summed E-state index contributed by atoms with van der Waals surface area (Å²) in [5, 5.41) is 8.64. The van der Waals surface area contributed by atoms with E-state index in [4.69, 9.17) is 5.73 Å². The number of halogens is 3.